The molecule has 0 aromatic rings. The Morgan fingerprint density at radius 3 is 1.00 bits per heavy atom. The Kier molecular flexibility index (Phi) is 20.0. The van der Waals surface area contributed by atoms with Gasteiger partial charge in [0, 0.05) is 0 Å². The van der Waals surface area contributed by atoms with E-state index in [1.165, 1.54) is 116 Å². The first-order chi connectivity index (χ1) is 10.4. The minimum atomic E-state index is 1.36. The van der Waals surface area contributed by atoms with Crippen molar-refractivity contribution in [3.05, 3.63) is 6.42 Å². The summed E-state index contributed by atoms with van der Waals surface area (Å²) in [5.74, 6) is 0. The molecular weight excluding hydrogens is 252 g/mol. The Balaban J connectivity index is 2.90. The molecule has 21 heavy (non-hydrogen) atoms. The van der Waals surface area contributed by atoms with E-state index in [0.29, 0.717) is 0 Å². The van der Waals surface area contributed by atoms with E-state index >= 15 is 0 Å². The standard InChI is InChI=1S/C21H43/c1-3-5-7-9-11-13-15-17-19-21-20-18-16-14-12-10-8-6-4-2/h17H,3-16,18-21H2,1-2H3. The molecule has 0 nitrogen and oxygen atoms in total. The first-order valence-corrected chi connectivity index (χ1v) is 10.2. The molecule has 0 saturated heterocycles. The Hall–Kier alpha value is 0. The van der Waals surface area contributed by atoms with Crippen molar-refractivity contribution < 1.29 is 0 Å². The van der Waals surface area contributed by atoms with E-state index in [9.17, 15) is 0 Å². The topological polar surface area (TPSA) is 0 Å². The van der Waals surface area contributed by atoms with Crippen LogP contribution in [0.4, 0.5) is 0 Å². The van der Waals surface area contributed by atoms with Crippen LogP contribution in [-0.2, 0) is 0 Å². The fraction of sp³-hybridized carbons (Fsp3) is 0.952. The zero-order valence-electron chi connectivity index (χ0n) is 15.3. The molecule has 1 radical (unpaired) electrons. The molecule has 0 bridgehead atoms. The predicted octanol–water partition coefficient (Wildman–Crippen LogP) is 8.25. The van der Waals surface area contributed by atoms with Gasteiger partial charge >= 0.3 is 0 Å². The van der Waals surface area contributed by atoms with Crippen molar-refractivity contribution in [2.45, 2.75) is 129 Å². The van der Waals surface area contributed by atoms with E-state index < -0.39 is 0 Å². The molecule has 0 fully saturated rings. The quantitative estimate of drug-likeness (QED) is 0.223. The van der Waals surface area contributed by atoms with Crippen molar-refractivity contribution in [1.82, 2.24) is 0 Å². The molecule has 127 valence electrons. The van der Waals surface area contributed by atoms with Crippen molar-refractivity contribution in [3.63, 3.8) is 0 Å². The van der Waals surface area contributed by atoms with Gasteiger partial charge in [0.25, 0.3) is 0 Å². The van der Waals surface area contributed by atoms with Crippen LogP contribution in [-0.4, -0.2) is 0 Å². The molecule has 0 aliphatic rings. The zero-order chi connectivity index (χ0) is 15.4. The molecule has 0 aliphatic carbocycles. The van der Waals surface area contributed by atoms with Crippen LogP contribution < -0.4 is 0 Å². The lowest BCUT2D eigenvalue weighted by molar-refractivity contribution is 0.551. The highest BCUT2D eigenvalue weighted by atomic mass is 14.0. The number of rotatable bonds is 18. The van der Waals surface area contributed by atoms with E-state index in [2.05, 4.69) is 20.3 Å². The fourth-order valence-electron chi connectivity index (χ4n) is 2.99. The van der Waals surface area contributed by atoms with Crippen LogP contribution in [0.2, 0.25) is 0 Å². The highest BCUT2D eigenvalue weighted by molar-refractivity contribution is 4.64. The van der Waals surface area contributed by atoms with Gasteiger partial charge in [0.05, 0.1) is 0 Å². The van der Waals surface area contributed by atoms with Gasteiger partial charge in [0.2, 0.25) is 0 Å². The molecule has 0 rings (SSSR count). The lowest BCUT2D eigenvalue weighted by Gasteiger charge is -2.03. The normalized spacial score (nSPS) is 11.1. The largest absolute Gasteiger partial charge is 0.0654 e. The van der Waals surface area contributed by atoms with Crippen molar-refractivity contribution >= 4 is 0 Å². The summed E-state index contributed by atoms with van der Waals surface area (Å²) in [5, 5.41) is 0. The van der Waals surface area contributed by atoms with Gasteiger partial charge in [-0.2, -0.15) is 0 Å². The first-order valence-electron chi connectivity index (χ1n) is 10.2. The van der Waals surface area contributed by atoms with Gasteiger partial charge in [-0.15, -0.1) is 0 Å². The summed E-state index contributed by atoms with van der Waals surface area (Å²) in [5.41, 5.74) is 0. The summed E-state index contributed by atoms with van der Waals surface area (Å²) in [7, 11) is 0. The minimum Gasteiger partial charge on any atom is -0.0654 e. The Bertz CT molecular complexity index is 143. The fourth-order valence-corrected chi connectivity index (χ4v) is 2.99. The van der Waals surface area contributed by atoms with E-state index in [0.717, 1.165) is 0 Å². The molecule has 0 spiro atoms. The second kappa shape index (κ2) is 20.0. The molecule has 0 atom stereocenters. The smallest absolute Gasteiger partial charge is 0.0386 e. The number of unbranched alkanes of at least 4 members (excludes halogenated alkanes) is 18. The van der Waals surface area contributed by atoms with Gasteiger partial charge in [-0.1, -0.05) is 129 Å². The summed E-state index contributed by atoms with van der Waals surface area (Å²) < 4.78 is 0. The van der Waals surface area contributed by atoms with Crippen LogP contribution in [0.1, 0.15) is 129 Å². The first kappa shape index (κ1) is 21.0. The molecule has 0 saturated carbocycles. The summed E-state index contributed by atoms with van der Waals surface area (Å²) in [6.45, 7) is 4.59. The summed E-state index contributed by atoms with van der Waals surface area (Å²) in [4.78, 5) is 0. The zero-order valence-corrected chi connectivity index (χ0v) is 15.3. The lowest BCUT2D eigenvalue weighted by atomic mass is 10.0. The van der Waals surface area contributed by atoms with E-state index in [1.807, 2.05) is 0 Å². The second-order valence-corrected chi connectivity index (χ2v) is 6.82. The maximum absolute atomic E-state index is 2.55. The van der Waals surface area contributed by atoms with Gasteiger partial charge in [0.1, 0.15) is 0 Å². The molecule has 0 aromatic carbocycles. The van der Waals surface area contributed by atoms with Crippen LogP contribution >= 0.6 is 0 Å². The Labute approximate surface area is 136 Å². The molecule has 0 aromatic heterocycles. The van der Waals surface area contributed by atoms with Crippen molar-refractivity contribution in [3.8, 4) is 0 Å². The molecule has 0 unspecified atom stereocenters. The average molecular weight is 296 g/mol. The SMILES string of the molecule is CCCCCCCC[CH]CCCCCCCCCCCC. The molecule has 0 heteroatoms. The van der Waals surface area contributed by atoms with E-state index in [-0.39, 0.29) is 0 Å². The van der Waals surface area contributed by atoms with Gasteiger partial charge in [-0.3, -0.25) is 0 Å². The Morgan fingerprint density at radius 2 is 0.667 bits per heavy atom. The van der Waals surface area contributed by atoms with Crippen molar-refractivity contribution in [1.29, 1.82) is 0 Å². The van der Waals surface area contributed by atoms with Crippen LogP contribution in [0.15, 0.2) is 0 Å². The molecule has 0 amide bonds. The summed E-state index contributed by atoms with van der Waals surface area (Å²) in [6, 6.07) is 0. The monoisotopic (exact) mass is 295 g/mol. The molecule has 0 heterocycles. The minimum absolute atomic E-state index is 1.36. The second-order valence-electron chi connectivity index (χ2n) is 6.82. The maximum Gasteiger partial charge on any atom is -0.0386 e. The van der Waals surface area contributed by atoms with E-state index in [4.69, 9.17) is 0 Å². The third-order valence-electron chi connectivity index (χ3n) is 4.52. The summed E-state index contributed by atoms with van der Waals surface area (Å²) >= 11 is 0. The lowest BCUT2D eigenvalue weighted by Crippen LogP contribution is -1.84. The third-order valence-corrected chi connectivity index (χ3v) is 4.52. The van der Waals surface area contributed by atoms with E-state index in [1.54, 1.807) is 0 Å². The predicted molar refractivity (Wildman–Crippen MR) is 98.8 cm³/mol. The molecule has 0 aliphatic heterocycles. The number of hydrogen-bond acceptors (Lipinski definition) is 0. The highest BCUT2D eigenvalue weighted by Gasteiger charge is 1.94. The molecular formula is C21H43. The van der Waals surface area contributed by atoms with Gasteiger partial charge in [-0.05, 0) is 6.42 Å². The average Bonchev–Trinajstić information content (AvgIpc) is 2.50. The van der Waals surface area contributed by atoms with Crippen molar-refractivity contribution in [2.75, 3.05) is 0 Å². The van der Waals surface area contributed by atoms with Crippen LogP contribution in [0, 0.1) is 6.42 Å². The van der Waals surface area contributed by atoms with Crippen LogP contribution in [0.5, 0.6) is 0 Å². The van der Waals surface area contributed by atoms with Crippen LogP contribution in [0.25, 0.3) is 0 Å². The van der Waals surface area contributed by atoms with Crippen molar-refractivity contribution in [2.24, 2.45) is 0 Å². The highest BCUT2D eigenvalue weighted by Crippen LogP contribution is 2.13. The maximum atomic E-state index is 2.55. The van der Waals surface area contributed by atoms with Crippen LogP contribution in [0.3, 0.4) is 0 Å². The molecule has 0 N–H and O–H groups in total. The Morgan fingerprint density at radius 1 is 0.381 bits per heavy atom. The van der Waals surface area contributed by atoms with Gasteiger partial charge in [0.15, 0.2) is 0 Å². The summed E-state index contributed by atoms with van der Waals surface area (Å²) in [6.07, 6.45) is 28.4. The number of hydrogen-bond donors (Lipinski definition) is 0. The van der Waals surface area contributed by atoms with Gasteiger partial charge < -0.3 is 0 Å². The third kappa shape index (κ3) is 20.0. The van der Waals surface area contributed by atoms with Gasteiger partial charge in [-0.25, -0.2) is 0 Å².